The van der Waals surface area contributed by atoms with Gasteiger partial charge < -0.3 is 0 Å². The van der Waals surface area contributed by atoms with E-state index in [0.29, 0.717) is 5.82 Å². The van der Waals surface area contributed by atoms with Gasteiger partial charge in [-0.05, 0) is 29.2 Å². The lowest BCUT2D eigenvalue weighted by Gasteiger charge is -1.90. The lowest BCUT2D eigenvalue weighted by molar-refractivity contribution is 0.630. The molecule has 0 radical (unpaired) electrons. The Morgan fingerprint density at radius 1 is 1.31 bits per heavy atom. The minimum atomic E-state index is 0.670. The van der Waals surface area contributed by atoms with Gasteiger partial charge in [-0.3, -0.25) is 4.98 Å². The molecule has 0 aliphatic carbocycles. The number of fused-ring (bicyclic) bond motifs is 1. The second-order valence-corrected chi connectivity index (χ2v) is 4.67. The molecule has 0 unspecified atom stereocenters. The molecule has 3 rings (SSSR count). The number of aryl methyl sites for hydroxylation is 2. The fraction of sp³-hybridized carbons (Fsp3) is 0.200. The average Bonchev–Trinajstić information content (AvgIpc) is 2.84. The first-order chi connectivity index (χ1) is 7.74. The molecule has 3 aromatic heterocycles. The van der Waals surface area contributed by atoms with E-state index < -0.39 is 0 Å². The third-order valence-corrected chi connectivity index (χ3v) is 3.44. The summed E-state index contributed by atoms with van der Waals surface area (Å²) in [5, 5.41) is 13.2. The summed E-state index contributed by atoms with van der Waals surface area (Å²) in [4.78, 5) is 6.66. The zero-order valence-electron chi connectivity index (χ0n) is 8.88. The first-order valence-corrected chi connectivity index (χ1v) is 5.64. The van der Waals surface area contributed by atoms with Crippen molar-refractivity contribution in [1.82, 2.24) is 25.2 Å². The molecule has 3 aromatic rings. The second kappa shape index (κ2) is 3.34. The minimum absolute atomic E-state index is 0.670. The van der Waals surface area contributed by atoms with Crippen molar-refractivity contribution in [2.45, 2.75) is 6.92 Å². The molecular weight excluding hydrogens is 222 g/mol. The number of aromatic nitrogens is 5. The predicted molar refractivity (Wildman–Crippen MR) is 62.1 cm³/mol. The van der Waals surface area contributed by atoms with Crippen LogP contribution in [-0.2, 0) is 7.05 Å². The van der Waals surface area contributed by atoms with Gasteiger partial charge in [0.25, 0.3) is 0 Å². The highest BCUT2D eigenvalue weighted by Crippen LogP contribution is 2.32. The SMILES string of the molecule is Cc1cncc2sc(-c3nnn(C)n3)cc12. The van der Waals surface area contributed by atoms with Crippen LogP contribution in [0.15, 0.2) is 18.5 Å². The van der Waals surface area contributed by atoms with Crippen molar-refractivity contribution in [2.75, 3.05) is 0 Å². The summed E-state index contributed by atoms with van der Waals surface area (Å²) >= 11 is 1.64. The highest BCUT2D eigenvalue weighted by atomic mass is 32.1. The van der Waals surface area contributed by atoms with Crippen molar-refractivity contribution in [2.24, 2.45) is 7.05 Å². The van der Waals surface area contributed by atoms with Crippen molar-refractivity contribution in [1.29, 1.82) is 0 Å². The topological polar surface area (TPSA) is 56.5 Å². The van der Waals surface area contributed by atoms with E-state index in [1.165, 1.54) is 15.7 Å². The number of nitrogens with zero attached hydrogens (tertiary/aromatic N) is 5. The molecule has 0 aliphatic rings. The fourth-order valence-electron chi connectivity index (χ4n) is 1.59. The van der Waals surface area contributed by atoms with Crippen molar-refractivity contribution in [3.05, 3.63) is 24.0 Å². The third kappa shape index (κ3) is 1.38. The molecule has 6 heteroatoms. The average molecular weight is 231 g/mol. The summed E-state index contributed by atoms with van der Waals surface area (Å²) in [7, 11) is 1.76. The molecule has 0 atom stereocenters. The van der Waals surface area contributed by atoms with Crippen molar-refractivity contribution in [3.63, 3.8) is 0 Å². The molecule has 0 saturated carbocycles. The summed E-state index contributed by atoms with van der Waals surface area (Å²) in [6, 6.07) is 2.09. The first-order valence-electron chi connectivity index (χ1n) is 4.82. The number of thiophene rings is 1. The van der Waals surface area contributed by atoms with E-state index in [-0.39, 0.29) is 0 Å². The number of pyridine rings is 1. The lowest BCUT2D eigenvalue weighted by Crippen LogP contribution is -1.91. The van der Waals surface area contributed by atoms with Gasteiger partial charge in [0.05, 0.1) is 16.6 Å². The van der Waals surface area contributed by atoms with Gasteiger partial charge in [0, 0.05) is 12.4 Å². The molecule has 0 amide bonds. The van der Waals surface area contributed by atoms with Crippen molar-refractivity contribution < 1.29 is 0 Å². The molecule has 0 aliphatic heterocycles. The van der Waals surface area contributed by atoms with Crippen LogP contribution in [0.25, 0.3) is 20.8 Å². The quantitative estimate of drug-likeness (QED) is 0.640. The van der Waals surface area contributed by atoms with Gasteiger partial charge in [-0.15, -0.1) is 21.5 Å². The highest BCUT2D eigenvalue weighted by molar-refractivity contribution is 7.22. The Kier molecular flexibility index (Phi) is 1.97. The molecule has 0 bridgehead atoms. The predicted octanol–water partition coefficient (Wildman–Crippen LogP) is 1.80. The summed E-state index contributed by atoms with van der Waals surface area (Å²) in [6.07, 6.45) is 3.73. The molecule has 5 nitrogen and oxygen atoms in total. The Morgan fingerprint density at radius 3 is 2.88 bits per heavy atom. The normalized spacial score (nSPS) is 11.1. The highest BCUT2D eigenvalue weighted by Gasteiger charge is 2.10. The van der Waals surface area contributed by atoms with Gasteiger partial charge in [0.2, 0.25) is 5.82 Å². The van der Waals surface area contributed by atoms with Crippen LogP contribution in [0.1, 0.15) is 5.56 Å². The molecule has 80 valence electrons. The number of tetrazole rings is 1. The maximum absolute atomic E-state index is 4.19. The fourth-order valence-corrected chi connectivity index (χ4v) is 2.62. The number of hydrogen-bond donors (Lipinski definition) is 0. The van der Waals surface area contributed by atoms with Crippen molar-refractivity contribution >= 4 is 21.4 Å². The van der Waals surface area contributed by atoms with Crippen LogP contribution in [0, 0.1) is 6.92 Å². The Hall–Kier alpha value is -1.82. The summed E-state index contributed by atoms with van der Waals surface area (Å²) < 4.78 is 1.16. The van der Waals surface area contributed by atoms with Gasteiger partial charge in [0.1, 0.15) is 0 Å². The minimum Gasteiger partial charge on any atom is -0.263 e. The maximum Gasteiger partial charge on any atom is 0.214 e. The molecule has 16 heavy (non-hydrogen) atoms. The van der Waals surface area contributed by atoms with E-state index in [9.17, 15) is 0 Å². The lowest BCUT2D eigenvalue weighted by atomic mass is 10.2. The first kappa shape index (κ1) is 9.41. The van der Waals surface area contributed by atoms with Gasteiger partial charge in [-0.25, -0.2) is 0 Å². The zero-order chi connectivity index (χ0) is 11.1. The van der Waals surface area contributed by atoms with E-state index in [0.717, 1.165) is 9.58 Å². The molecule has 0 spiro atoms. The molecular formula is C10H9N5S. The smallest absolute Gasteiger partial charge is 0.214 e. The van der Waals surface area contributed by atoms with E-state index in [1.807, 2.05) is 12.4 Å². The Labute approximate surface area is 95.7 Å². The number of rotatable bonds is 1. The molecule has 3 heterocycles. The second-order valence-electron chi connectivity index (χ2n) is 3.58. The van der Waals surface area contributed by atoms with Gasteiger partial charge >= 0.3 is 0 Å². The van der Waals surface area contributed by atoms with Crippen LogP contribution in [0.5, 0.6) is 0 Å². The van der Waals surface area contributed by atoms with Crippen molar-refractivity contribution in [3.8, 4) is 10.7 Å². The summed E-state index contributed by atoms with van der Waals surface area (Å²) in [5.41, 5.74) is 1.17. The van der Waals surface area contributed by atoms with E-state index in [1.54, 1.807) is 18.4 Å². The summed E-state index contributed by atoms with van der Waals surface area (Å²) in [6.45, 7) is 2.05. The largest absolute Gasteiger partial charge is 0.263 e. The molecule has 0 fully saturated rings. The van der Waals surface area contributed by atoms with E-state index in [2.05, 4.69) is 33.4 Å². The van der Waals surface area contributed by atoms with E-state index >= 15 is 0 Å². The molecule has 0 aromatic carbocycles. The standard InChI is InChI=1S/C10H9N5S/c1-6-4-11-5-9-7(6)3-8(16-9)10-12-14-15(2)13-10/h3-5H,1-2H3. The van der Waals surface area contributed by atoms with Crippen LogP contribution in [-0.4, -0.2) is 25.2 Å². The molecule has 0 saturated heterocycles. The van der Waals surface area contributed by atoms with Gasteiger partial charge in [-0.2, -0.15) is 4.80 Å². The van der Waals surface area contributed by atoms with Crippen LogP contribution >= 0.6 is 11.3 Å². The zero-order valence-corrected chi connectivity index (χ0v) is 9.69. The Bertz CT molecular complexity index is 654. The van der Waals surface area contributed by atoms with Crippen LogP contribution < -0.4 is 0 Å². The van der Waals surface area contributed by atoms with Crippen LogP contribution in [0.3, 0.4) is 0 Å². The maximum atomic E-state index is 4.19. The Morgan fingerprint density at radius 2 is 2.19 bits per heavy atom. The van der Waals surface area contributed by atoms with Gasteiger partial charge in [0.15, 0.2) is 0 Å². The van der Waals surface area contributed by atoms with Crippen LogP contribution in [0.2, 0.25) is 0 Å². The van der Waals surface area contributed by atoms with E-state index in [4.69, 9.17) is 0 Å². The van der Waals surface area contributed by atoms with Gasteiger partial charge in [-0.1, -0.05) is 0 Å². The van der Waals surface area contributed by atoms with Crippen LogP contribution in [0.4, 0.5) is 0 Å². The Balaban J connectivity index is 2.22. The monoisotopic (exact) mass is 231 g/mol. The molecule has 0 N–H and O–H groups in total. The third-order valence-electron chi connectivity index (χ3n) is 2.37. The summed E-state index contributed by atoms with van der Waals surface area (Å²) in [5.74, 6) is 0.670. The number of hydrogen-bond acceptors (Lipinski definition) is 5.